The van der Waals surface area contributed by atoms with E-state index in [4.69, 9.17) is 0 Å². The lowest BCUT2D eigenvalue weighted by atomic mass is 10.1. The summed E-state index contributed by atoms with van der Waals surface area (Å²) in [7, 11) is 0. The van der Waals surface area contributed by atoms with Gasteiger partial charge in [-0.15, -0.1) is 0 Å². The third-order valence-electron chi connectivity index (χ3n) is 3.42. The van der Waals surface area contributed by atoms with Crippen molar-refractivity contribution in [3.05, 3.63) is 36.5 Å². The molecule has 0 heterocycles. The summed E-state index contributed by atoms with van der Waals surface area (Å²) in [6.07, 6.45) is 29.2. The van der Waals surface area contributed by atoms with E-state index in [1.807, 2.05) is 6.29 Å². The number of hydrogen-bond donors (Lipinski definition) is 0. The van der Waals surface area contributed by atoms with Gasteiger partial charge in [-0.05, 0) is 44.9 Å². The van der Waals surface area contributed by atoms with E-state index in [9.17, 15) is 4.79 Å². The summed E-state index contributed by atoms with van der Waals surface area (Å²) in [5.74, 6) is 0. The second kappa shape index (κ2) is 18.9. The van der Waals surface area contributed by atoms with E-state index < -0.39 is 0 Å². The molecular weight excluding hydrogens is 256 g/mol. The molecule has 0 atom stereocenters. The summed E-state index contributed by atoms with van der Waals surface area (Å²) in [4.78, 5) is 10.0. The van der Waals surface area contributed by atoms with Crippen molar-refractivity contribution in [2.24, 2.45) is 0 Å². The number of allylic oxidation sites excluding steroid dienone is 6. The maximum Gasteiger partial charge on any atom is 0.198 e. The lowest BCUT2D eigenvalue weighted by Gasteiger charge is -1.95. The molecule has 0 amide bonds. The molecule has 1 nitrogen and oxygen atoms in total. The molecule has 0 aliphatic heterocycles. The predicted octanol–water partition coefficient (Wildman–Crippen LogP) is 6.47. The van der Waals surface area contributed by atoms with Crippen LogP contribution in [0.25, 0.3) is 0 Å². The molecule has 0 fully saturated rings. The topological polar surface area (TPSA) is 17.1 Å². The van der Waals surface area contributed by atoms with Crippen molar-refractivity contribution in [1.82, 2.24) is 0 Å². The molecular formula is C20H33O. The van der Waals surface area contributed by atoms with Crippen molar-refractivity contribution in [3.8, 4) is 0 Å². The van der Waals surface area contributed by atoms with E-state index in [0.29, 0.717) is 6.42 Å². The minimum absolute atomic E-state index is 0.605. The highest BCUT2D eigenvalue weighted by Gasteiger charge is 1.88. The third kappa shape index (κ3) is 18.9. The average Bonchev–Trinajstić information content (AvgIpc) is 2.50. The molecule has 0 aliphatic carbocycles. The maximum atomic E-state index is 10.0. The summed E-state index contributed by atoms with van der Waals surface area (Å²) in [5, 5.41) is 0. The molecule has 0 N–H and O–H groups in total. The van der Waals surface area contributed by atoms with Crippen molar-refractivity contribution < 1.29 is 4.79 Å². The quantitative estimate of drug-likeness (QED) is 0.249. The van der Waals surface area contributed by atoms with Crippen LogP contribution in [0.15, 0.2) is 36.5 Å². The molecule has 0 saturated heterocycles. The Morgan fingerprint density at radius 2 is 1.19 bits per heavy atom. The number of carbonyl (C=O) groups excluding carboxylic acids is 1. The largest absolute Gasteiger partial charge is 0.291 e. The standard InChI is InChI=1S/C20H33O/c1-2-3-4-5-6-7-8-9-10-11-12-13-14-15-16-17-18-19-20-21/h6-7,9-10,12-13H,2-5,8,11,14-19H2,1H3/b7-6+,10-9+,13-12+. The van der Waals surface area contributed by atoms with Gasteiger partial charge in [0.05, 0.1) is 0 Å². The summed E-state index contributed by atoms with van der Waals surface area (Å²) < 4.78 is 0. The molecule has 1 heteroatoms. The first-order chi connectivity index (χ1) is 10.4. The van der Waals surface area contributed by atoms with E-state index in [-0.39, 0.29) is 0 Å². The Hall–Kier alpha value is -1.11. The lowest BCUT2D eigenvalue weighted by molar-refractivity contribution is 0.544. The van der Waals surface area contributed by atoms with Crippen LogP contribution < -0.4 is 0 Å². The van der Waals surface area contributed by atoms with Crippen molar-refractivity contribution in [2.75, 3.05) is 0 Å². The van der Waals surface area contributed by atoms with E-state index >= 15 is 0 Å². The van der Waals surface area contributed by atoms with Gasteiger partial charge in [0.1, 0.15) is 0 Å². The van der Waals surface area contributed by atoms with Crippen LogP contribution >= 0.6 is 0 Å². The zero-order valence-corrected chi connectivity index (χ0v) is 13.9. The van der Waals surface area contributed by atoms with Gasteiger partial charge in [-0.1, -0.05) is 69.1 Å². The summed E-state index contributed by atoms with van der Waals surface area (Å²) >= 11 is 0. The first-order valence-corrected chi connectivity index (χ1v) is 8.71. The third-order valence-corrected chi connectivity index (χ3v) is 3.42. The van der Waals surface area contributed by atoms with E-state index in [1.54, 1.807) is 0 Å². The molecule has 21 heavy (non-hydrogen) atoms. The van der Waals surface area contributed by atoms with E-state index in [2.05, 4.69) is 43.4 Å². The van der Waals surface area contributed by atoms with Gasteiger partial charge in [-0.3, -0.25) is 4.79 Å². The summed E-state index contributed by atoms with van der Waals surface area (Å²) in [5.41, 5.74) is 0. The second-order valence-electron chi connectivity index (χ2n) is 5.48. The zero-order chi connectivity index (χ0) is 15.4. The number of hydrogen-bond acceptors (Lipinski definition) is 1. The van der Waals surface area contributed by atoms with Gasteiger partial charge in [0.25, 0.3) is 0 Å². The van der Waals surface area contributed by atoms with Crippen LogP contribution in [0.3, 0.4) is 0 Å². The number of rotatable bonds is 15. The molecule has 0 aromatic carbocycles. The molecule has 119 valence electrons. The van der Waals surface area contributed by atoms with Crippen LogP contribution in [0.4, 0.5) is 0 Å². The van der Waals surface area contributed by atoms with Gasteiger partial charge < -0.3 is 0 Å². The van der Waals surface area contributed by atoms with Gasteiger partial charge in [-0.25, -0.2) is 0 Å². The Morgan fingerprint density at radius 1 is 0.667 bits per heavy atom. The highest BCUT2D eigenvalue weighted by atomic mass is 16.1. The van der Waals surface area contributed by atoms with Gasteiger partial charge in [0.15, 0.2) is 6.29 Å². The molecule has 0 spiro atoms. The second-order valence-corrected chi connectivity index (χ2v) is 5.48. The van der Waals surface area contributed by atoms with Crippen LogP contribution in [0.2, 0.25) is 0 Å². The normalized spacial score (nSPS) is 12.0. The first-order valence-electron chi connectivity index (χ1n) is 8.71. The average molecular weight is 289 g/mol. The van der Waals surface area contributed by atoms with Crippen LogP contribution in [0.5, 0.6) is 0 Å². The Kier molecular flexibility index (Phi) is 17.9. The summed E-state index contributed by atoms with van der Waals surface area (Å²) in [6, 6.07) is 0. The highest BCUT2D eigenvalue weighted by Crippen LogP contribution is 2.05. The molecule has 0 bridgehead atoms. The monoisotopic (exact) mass is 289 g/mol. The minimum atomic E-state index is 0.605. The Balaban J connectivity index is 3.26. The molecule has 0 aromatic rings. The molecule has 1 radical (unpaired) electrons. The lowest BCUT2D eigenvalue weighted by Crippen LogP contribution is -1.78. The first kappa shape index (κ1) is 19.9. The van der Waals surface area contributed by atoms with Crippen molar-refractivity contribution in [3.63, 3.8) is 0 Å². The minimum Gasteiger partial charge on any atom is -0.291 e. The molecule has 0 aromatic heterocycles. The Bertz CT molecular complexity index is 286. The fourth-order valence-electron chi connectivity index (χ4n) is 2.10. The van der Waals surface area contributed by atoms with Gasteiger partial charge in [-0.2, -0.15) is 0 Å². The highest BCUT2D eigenvalue weighted by molar-refractivity contribution is 5.50. The van der Waals surface area contributed by atoms with Gasteiger partial charge in [0, 0.05) is 6.42 Å². The fraction of sp³-hybridized carbons (Fsp3) is 0.650. The number of unbranched alkanes of at least 4 members (excludes halogenated alkanes) is 8. The molecule has 0 rings (SSSR count). The van der Waals surface area contributed by atoms with Crippen LogP contribution in [-0.4, -0.2) is 6.29 Å². The van der Waals surface area contributed by atoms with Crippen LogP contribution in [0, 0.1) is 0 Å². The van der Waals surface area contributed by atoms with Crippen molar-refractivity contribution >= 4 is 6.29 Å². The molecule has 0 saturated carbocycles. The van der Waals surface area contributed by atoms with Crippen LogP contribution in [0.1, 0.15) is 84.0 Å². The SMILES string of the molecule is CCCCC/C=C/C/C=C/C/C=C/CCCCCC[C]=O. The smallest absolute Gasteiger partial charge is 0.198 e. The zero-order valence-electron chi connectivity index (χ0n) is 13.9. The summed E-state index contributed by atoms with van der Waals surface area (Å²) in [6.45, 7) is 2.24. The molecule has 0 aliphatic rings. The van der Waals surface area contributed by atoms with Crippen molar-refractivity contribution in [1.29, 1.82) is 0 Å². The van der Waals surface area contributed by atoms with Gasteiger partial charge >= 0.3 is 0 Å². The van der Waals surface area contributed by atoms with E-state index in [1.165, 1.54) is 38.5 Å². The van der Waals surface area contributed by atoms with Gasteiger partial charge in [0.2, 0.25) is 0 Å². The Labute approximate surface area is 132 Å². The Morgan fingerprint density at radius 3 is 1.76 bits per heavy atom. The van der Waals surface area contributed by atoms with E-state index in [0.717, 1.165) is 32.1 Å². The molecule has 0 unspecified atom stereocenters. The fourth-order valence-corrected chi connectivity index (χ4v) is 2.10. The maximum absolute atomic E-state index is 10.0. The van der Waals surface area contributed by atoms with Crippen LogP contribution in [-0.2, 0) is 4.79 Å². The van der Waals surface area contributed by atoms with Crippen molar-refractivity contribution in [2.45, 2.75) is 84.0 Å². The predicted molar refractivity (Wildman–Crippen MR) is 94.2 cm³/mol.